The monoisotopic (exact) mass is 259 g/mol. The molecule has 0 saturated carbocycles. The van der Waals surface area contributed by atoms with E-state index in [0.717, 1.165) is 29.8 Å². The van der Waals surface area contributed by atoms with Crippen LogP contribution in [0, 0.1) is 11.2 Å². The van der Waals surface area contributed by atoms with Crippen LogP contribution in [0.5, 0.6) is 0 Å². The molecule has 19 heavy (non-hydrogen) atoms. The smallest absolute Gasteiger partial charge is 0.123 e. The van der Waals surface area contributed by atoms with Gasteiger partial charge in [-0.2, -0.15) is 5.10 Å². The molecule has 2 N–H and O–H groups in total. The van der Waals surface area contributed by atoms with Crippen LogP contribution >= 0.6 is 0 Å². The second-order valence-corrected chi connectivity index (χ2v) is 6.09. The zero-order valence-electron chi connectivity index (χ0n) is 11.2. The van der Waals surface area contributed by atoms with E-state index in [-0.39, 0.29) is 17.3 Å². The summed E-state index contributed by atoms with van der Waals surface area (Å²) in [5, 5.41) is 4.43. The molecule has 3 nitrogen and oxygen atoms in total. The van der Waals surface area contributed by atoms with Crippen molar-refractivity contribution in [2.24, 2.45) is 11.1 Å². The SMILES string of the molecule is CC1(C)Cc2c(cnn2-c2ccc(F)cc2)C(N)C1. The van der Waals surface area contributed by atoms with Gasteiger partial charge in [-0.05, 0) is 42.5 Å². The third-order valence-electron chi connectivity index (χ3n) is 3.79. The number of rotatable bonds is 1. The summed E-state index contributed by atoms with van der Waals surface area (Å²) in [5.41, 5.74) is 9.54. The van der Waals surface area contributed by atoms with Crippen LogP contribution in [0.15, 0.2) is 30.5 Å². The first-order chi connectivity index (χ1) is 8.96. The molecule has 2 aromatic rings. The summed E-state index contributed by atoms with van der Waals surface area (Å²) < 4.78 is 14.9. The van der Waals surface area contributed by atoms with Crippen molar-refractivity contribution < 1.29 is 4.39 Å². The minimum atomic E-state index is -0.234. The molecule has 0 spiro atoms. The van der Waals surface area contributed by atoms with E-state index in [1.54, 1.807) is 12.1 Å². The molecular formula is C15H18FN3. The largest absolute Gasteiger partial charge is 0.324 e. The Balaban J connectivity index is 2.08. The number of nitrogens with two attached hydrogens (primary N) is 1. The van der Waals surface area contributed by atoms with E-state index in [1.807, 2.05) is 10.9 Å². The van der Waals surface area contributed by atoms with E-state index in [2.05, 4.69) is 18.9 Å². The first-order valence-corrected chi connectivity index (χ1v) is 6.55. The number of aromatic nitrogens is 2. The van der Waals surface area contributed by atoms with Gasteiger partial charge in [-0.25, -0.2) is 9.07 Å². The molecule has 1 unspecified atom stereocenters. The van der Waals surface area contributed by atoms with Gasteiger partial charge in [-0.1, -0.05) is 13.8 Å². The number of nitrogens with zero attached hydrogens (tertiary/aromatic N) is 2. The van der Waals surface area contributed by atoms with Gasteiger partial charge in [-0.15, -0.1) is 0 Å². The molecule has 0 radical (unpaired) electrons. The Bertz CT molecular complexity index is 598. The van der Waals surface area contributed by atoms with E-state index in [1.165, 1.54) is 12.1 Å². The minimum Gasteiger partial charge on any atom is -0.324 e. The zero-order chi connectivity index (χ0) is 13.6. The van der Waals surface area contributed by atoms with Crippen molar-refractivity contribution >= 4 is 0 Å². The highest BCUT2D eigenvalue weighted by Gasteiger charge is 2.33. The van der Waals surface area contributed by atoms with Gasteiger partial charge in [0.1, 0.15) is 5.82 Å². The lowest BCUT2D eigenvalue weighted by Gasteiger charge is -2.33. The van der Waals surface area contributed by atoms with Crippen molar-refractivity contribution in [3.8, 4) is 5.69 Å². The Hall–Kier alpha value is -1.68. The molecule has 1 aliphatic rings. The second-order valence-electron chi connectivity index (χ2n) is 6.09. The molecule has 1 aromatic heterocycles. The maximum Gasteiger partial charge on any atom is 0.123 e. The van der Waals surface area contributed by atoms with E-state index < -0.39 is 0 Å². The molecule has 0 aliphatic heterocycles. The lowest BCUT2D eigenvalue weighted by molar-refractivity contribution is 0.278. The molecule has 0 fully saturated rings. The summed E-state index contributed by atoms with van der Waals surface area (Å²) in [7, 11) is 0. The van der Waals surface area contributed by atoms with Crippen LogP contribution < -0.4 is 5.73 Å². The van der Waals surface area contributed by atoms with Crippen LogP contribution in [0.25, 0.3) is 5.69 Å². The highest BCUT2D eigenvalue weighted by atomic mass is 19.1. The van der Waals surface area contributed by atoms with Crippen molar-refractivity contribution in [2.45, 2.75) is 32.7 Å². The van der Waals surface area contributed by atoms with E-state index in [0.29, 0.717) is 0 Å². The lowest BCUT2D eigenvalue weighted by atomic mass is 9.74. The lowest BCUT2D eigenvalue weighted by Crippen LogP contribution is -2.30. The van der Waals surface area contributed by atoms with Gasteiger partial charge in [0, 0.05) is 17.3 Å². The molecule has 1 aromatic carbocycles. The fraction of sp³-hybridized carbons (Fsp3) is 0.400. The number of fused-ring (bicyclic) bond motifs is 1. The standard InChI is InChI=1S/C15H18FN3/c1-15(2)7-13(17)12-9-18-19(14(12)8-15)11-5-3-10(16)4-6-11/h3-6,9,13H,7-8,17H2,1-2H3. The van der Waals surface area contributed by atoms with Crippen molar-refractivity contribution in [1.82, 2.24) is 9.78 Å². The van der Waals surface area contributed by atoms with Gasteiger partial charge in [0.25, 0.3) is 0 Å². The van der Waals surface area contributed by atoms with Crippen molar-refractivity contribution in [3.05, 3.63) is 47.5 Å². The quantitative estimate of drug-likeness (QED) is 0.855. The number of hydrogen-bond donors (Lipinski definition) is 1. The Morgan fingerprint density at radius 3 is 2.68 bits per heavy atom. The molecule has 0 bridgehead atoms. The van der Waals surface area contributed by atoms with E-state index >= 15 is 0 Å². The Morgan fingerprint density at radius 2 is 2.00 bits per heavy atom. The Labute approximate surface area is 112 Å². The normalized spacial score (nSPS) is 21.2. The number of benzene rings is 1. The molecule has 1 heterocycles. The molecule has 1 atom stereocenters. The van der Waals surface area contributed by atoms with Gasteiger partial charge in [0.15, 0.2) is 0 Å². The fourth-order valence-corrected chi connectivity index (χ4v) is 2.91. The van der Waals surface area contributed by atoms with Gasteiger partial charge < -0.3 is 5.73 Å². The molecule has 3 rings (SSSR count). The summed E-state index contributed by atoms with van der Waals surface area (Å²) >= 11 is 0. The van der Waals surface area contributed by atoms with E-state index in [9.17, 15) is 4.39 Å². The Morgan fingerprint density at radius 1 is 1.32 bits per heavy atom. The van der Waals surface area contributed by atoms with Crippen LogP contribution in [-0.4, -0.2) is 9.78 Å². The van der Waals surface area contributed by atoms with Gasteiger partial charge in [0.2, 0.25) is 0 Å². The first kappa shape index (κ1) is 12.4. The molecular weight excluding hydrogens is 241 g/mol. The van der Waals surface area contributed by atoms with E-state index in [4.69, 9.17) is 5.73 Å². The van der Waals surface area contributed by atoms with Gasteiger partial charge in [-0.3, -0.25) is 0 Å². The summed E-state index contributed by atoms with van der Waals surface area (Å²) in [6.45, 7) is 4.44. The molecule has 1 aliphatic carbocycles. The molecule has 0 saturated heterocycles. The summed E-state index contributed by atoms with van der Waals surface area (Å²) in [5.74, 6) is -0.234. The number of hydrogen-bond acceptors (Lipinski definition) is 2. The predicted molar refractivity (Wildman–Crippen MR) is 72.6 cm³/mol. The molecule has 4 heteroatoms. The molecule has 0 amide bonds. The van der Waals surface area contributed by atoms with Gasteiger partial charge >= 0.3 is 0 Å². The average Bonchev–Trinajstić information content (AvgIpc) is 2.72. The average molecular weight is 259 g/mol. The van der Waals surface area contributed by atoms with Crippen LogP contribution in [0.4, 0.5) is 4.39 Å². The zero-order valence-corrected chi connectivity index (χ0v) is 11.2. The van der Waals surface area contributed by atoms with Crippen LogP contribution in [0.3, 0.4) is 0 Å². The van der Waals surface area contributed by atoms with Crippen molar-refractivity contribution in [1.29, 1.82) is 0 Å². The third kappa shape index (κ3) is 2.16. The number of halogens is 1. The highest BCUT2D eigenvalue weighted by molar-refractivity contribution is 5.37. The summed E-state index contributed by atoms with van der Waals surface area (Å²) in [6, 6.07) is 6.44. The van der Waals surface area contributed by atoms with Crippen LogP contribution in [-0.2, 0) is 6.42 Å². The van der Waals surface area contributed by atoms with Crippen molar-refractivity contribution in [2.75, 3.05) is 0 Å². The molecule has 100 valence electrons. The highest BCUT2D eigenvalue weighted by Crippen LogP contribution is 2.40. The first-order valence-electron chi connectivity index (χ1n) is 6.55. The second kappa shape index (κ2) is 4.17. The summed E-state index contributed by atoms with van der Waals surface area (Å²) in [4.78, 5) is 0. The van der Waals surface area contributed by atoms with Crippen LogP contribution in [0.2, 0.25) is 0 Å². The summed E-state index contributed by atoms with van der Waals surface area (Å²) in [6.07, 6.45) is 3.75. The van der Waals surface area contributed by atoms with Gasteiger partial charge in [0.05, 0.1) is 11.9 Å². The maximum absolute atomic E-state index is 13.0. The Kier molecular flexibility index (Phi) is 2.71. The third-order valence-corrected chi connectivity index (χ3v) is 3.79. The van der Waals surface area contributed by atoms with Crippen molar-refractivity contribution in [3.63, 3.8) is 0 Å². The van der Waals surface area contributed by atoms with Crippen LogP contribution in [0.1, 0.15) is 37.6 Å². The maximum atomic E-state index is 13.0. The minimum absolute atomic E-state index is 0.0351. The fourth-order valence-electron chi connectivity index (χ4n) is 2.91. The topological polar surface area (TPSA) is 43.8 Å². The predicted octanol–water partition coefficient (Wildman–Crippen LogP) is 2.98.